The third-order valence-electron chi connectivity index (χ3n) is 1.42. The van der Waals surface area contributed by atoms with Crippen molar-refractivity contribution in [3.63, 3.8) is 0 Å². The van der Waals surface area contributed by atoms with Crippen LogP contribution in [0.2, 0.25) is 14.4 Å². The van der Waals surface area contributed by atoms with Crippen molar-refractivity contribution < 1.29 is 14.3 Å². The Hall–Kier alpha value is -0.290. The van der Waals surface area contributed by atoms with Gasteiger partial charge < -0.3 is 4.74 Å². The molecule has 1 rings (SSSR count). The molecule has 0 radical (unpaired) electrons. The minimum Gasteiger partial charge on any atom is -0.460 e. The molecule has 0 bridgehead atoms. The number of halogens is 3. The van der Waals surface area contributed by atoms with Crippen LogP contribution in [0.5, 0.6) is 0 Å². The standard InChI is InChI=1S/C8H5Cl3O3S/c1-2-14-8(13)5(12)6-3(9)4(10)7(11)15-6/h2H2,1H3. The van der Waals surface area contributed by atoms with Gasteiger partial charge in [-0.2, -0.15) is 0 Å². The van der Waals surface area contributed by atoms with Gasteiger partial charge in [0.2, 0.25) is 0 Å². The van der Waals surface area contributed by atoms with Crippen LogP contribution in [0.15, 0.2) is 0 Å². The minimum absolute atomic E-state index is 0.00474. The summed E-state index contributed by atoms with van der Waals surface area (Å²) >= 11 is 17.9. The lowest BCUT2D eigenvalue weighted by molar-refractivity contribution is -0.137. The molecule has 0 saturated carbocycles. The van der Waals surface area contributed by atoms with Gasteiger partial charge in [-0.3, -0.25) is 4.79 Å². The van der Waals surface area contributed by atoms with Gasteiger partial charge in [0.1, 0.15) is 9.21 Å². The first-order chi connectivity index (χ1) is 6.99. The zero-order chi connectivity index (χ0) is 11.6. The molecule has 0 aliphatic rings. The van der Waals surface area contributed by atoms with Crippen molar-refractivity contribution in [1.29, 1.82) is 0 Å². The van der Waals surface area contributed by atoms with E-state index in [9.17, 15) is 9.59 Å². The fourth-order valence-electron chi connectivity index (χ4n) is 0.801. The van der Waals surface area contributed by atoms with E-state index in [1.54, 1.807) is 6.92 Å². The smallest absolute Gasteiger partial charge is 0.380 e. The van der Waals surface area contributed by atoms with E-state index in [0.29, 0.717) is 0 Å². The highest BCUT2D eigenvalue weighted by molar-refractivity contribution is 7.20. The number of Topliss-reactive ketones (excluding diaryl/α,β-unsaturated/α-hetero) is 1. The van der Waals surface area contributed by atoms with Crippen molar-refractivity contribution in [3.05, 3.63) is 19.3 Å². The van der Waals surface area contributed by atoms with Gasteiger partial charge in [0.05, 0.1) is 16.7 Å². The normalized spacial score (nSPS) is 10.1. The van der Waals surface area contributed by atoms with E-state index < -0.39 is 11.8 Å². The number of rotatable bonds is 3. The first kappa shape index (κ1) is 12.8. The topological polar surface area (TPSA) is 43.4 Å². The summed E-state index contributed by atoms with van der Waals surface area (Å²) in [5.41, 5.74) is 0. The summed E-state index contributed by atoms with van der Waals surface area (Å²) in [6.07, 6.45) is 0. The van der Waals surface area contributed by atoms with E-state index in [0.717, 1.165) is 11.3 Å². The molecular weight excluding hydrogens is 283 g/mol. The second-order valence-electron chi connectivity index (χ2n) is 2.38. The van der Waals surface area contributed by atoms with E-state index in [2.05, 4.69) is 4.74 Å². The molecule has 0 aliphatic carbocycles. The van der Waals surface area contributed by atoms with Crippen LogP contribution in [-0.4, -0.2) is 18.4 Å². The average Bonchev–Trinajstić information content (AvgIpc) is 2.45. The number of hydrogen-bond acceptors (Lipinski definition) is 4. The molecule has 0 N–H and O–H groups in total. The molecule has 0 unspecified atom stereocenters. The van der Waals surface area contributed by atoms with Crippen LogP contribution in [0.25, 0.3) is 0 Å². The van der Waals surface area contributed by atoms with Gasteiger partial charge in [-0.25, -0.2) is 4.79 Å². The molecule has 1 aromatic rings. The maximum atomic E-state index is 11.5. The molecule has 3 nitrogen and oxygen atoms in total. The molecule has 82 valence electrons. The number of carbonyl (C=O) groups excluding carboxylic acids is 2. The molecule has 1 aromatic heterocycles. The highest BCUT2D eigenvalue weighted by Crippen LogP contribution is 2.40. The van der Waals surface area contributed by atoms with E-state index in [-0.39, 0.29) is 25.9 Å². The van der Waals surface area contributed by atoms with Crippen LogP contribution in [-0.2, 0) is 9.53 Å². The summed E-state index contributed by atoms with van der Waals surface area (Å²) < 4.78 is 4.71. The average molecular weight is 288 g/mol. The molecule has 15 heavy (non-hydrogen) atoms. The number of esters is 1. The SMILES string of the molecule is CCOC(=O)C(=O)c1sc(Cl)c(Cl)c1Cl. The van der Waals surface area contributed by atoms with Crippen LogP contribution < -0.4 is 0 Å². The Labute approximate surface area is 105 Å². The molecule has 0 atom stereocenters. The summed E-state index contributed by atoms with van der Waals surface area (Å²) in [5, 5.41) is 0.0701. The Kier molecular flexibility index (Phi) is 4.40. The predicted octanol–water partition coefficient (Wildman–Crippen LogP) is 3.45. The summed E-state index contributed by atoms with van der Waals surface area (Å²) in [7, 11) is 0. The van der Waals surface area contributed by atoms with E-state index >= 15 is 0 Å². The summed E-state index contributed by atoms with van der Waals surface area (Å²) in [4.78, 5) is 22.6. The molecule has 0 amide bonds. The number of ketones is 1. The van der Waals surface area contributed by atoms with Gasteiger partial charge in [-0.05, 0) is 6.92 Å². The first-order valence-electron chi connectivity index (χ1n) is 3.83. The largest absolute Gasteiger partial charge is 0.460 e. The summed E-state index contributed by atoms with van der Waals surface area (Å²) in [6.45, 7) is 1.72. The number of carbonyl (C=O) groups is 2. The van der Waals surface area contributed by atoms with Crippen molar-refractivity contribution >= 4 is 57.9 Å². The number of hydrogen-bond donors (Lipinski definition) is 0. The van der Waals surface area contributed by atoms with Crippen LogP contribution in [0.4, 0.5) is 0 Å². The van der Waals surface area contributed by atoms with Gasteiger partial charge in [-0.15, -0.1) is 11.3 Å². The summed E-state index contributed by atoms with van der Waals surface area (Å²) in [6, 6.07) is 0. The van der Waals surface area contributed by atoms with Crippen LogP contribution in [0.1, 0.15) is 16.6 Å². The minimum atomic E-state index is -0.964. The Bertz CT molecular complexity index is 414. The van der Waals surface area contributed by atoms with Gasteiger partial charge in [0, 0.05) is 0 Å². The third kappa shape index (κ3) is 2.64. The highest BCUT2D eigenvalue weighted by Gasteiger charge is 2.25. The van der Waals surface area contributed by atoms with Crippen molar-refractivity contribution in [2.24, 2.45) is 0 Å². The molecular formula is C8H5Cl3O3S. The lowest BCUT2D eigenvalue weighted by atomic mass is 10.3. The van der Waals surface area contributed by atoms with Gasteiger partial charge in [0.25, 0.3) is 5.78 Å². The molecule has 0 aliphatic heterocycles. The molecule has 1 heterocycles. The van der Waals surface area contributed by atoms with Crippen molar-refractivity contribution in [3.8, 4) is 0 Å². The quantitative estimate of drug-likeness (QED) is 0.486. The molecule has 0 spiro atoms. The van der Waals surface area contributed by atoms with E-state index in [1.165, 1.54) is 0 Å². The molecule has 0 aromatic carbocycles. The van der Waals surface area contributed by atoms with Crippen LogP contribution in [0.3, 0.4) is 0 Å². The fraction of sp³-hybridized carbons (Fsp3) is 0.250. The highest BCUT2D eigenvalue weighted by atomic mass is 35.5. The molecule has 0 fully saturated rings. The van der Waals surface area contributed by atoms with E-state index in [4.69, 9.17) is 34.8 Å². The Morgan fingerprint density at radius 1 is 1.27 bits per heavy atom. The Balaban J connectivity index is 3.02. The van der Waals surface area contributed by atoms with E-state index in [1.807, 2.05) is 0 Å². The van der Waals surface area contributed by atoms with Crippen molar-refractivity contribution in [1.82, 2.24) is 0 Å². The second-order valence-corrected chi connectivity index (χ2v) is 4.76. The zero-order valence-corrected chi connectivity index (χ0v) is 10.6. The Morgan fingerprint density at radius 3 is 2.27 bits per heavy atom. The van der Waals surface area contributed by atoms with Crippen LogP contribution >= 0.6 is 46.1 Å². The first-order valence-corrected chi connectivity index (χ1v) is 5.78. The second kappa shape index (κ2) is 5.16. The number of ether oxygens (including phenoxy) is 1. The maximum absolute atomic E-state index is 11.5. The molecule has 0 saturated heterocycles. The predicted molar refractivity (Wildman–Crippen MR) is 60.3 cm³/mol. The summed E-state index contributed by atoms with van der Waals surface area (Å²) in [5.74, 6) is -1.80. The zero-order valence-electron chi connectivity index (χ0n) is 7.47. The molecule has 7 heteroatoms. The van der Waals surface area contributed by atoms with Gasteiger partial charge in [0.15, 0.2) is 0 Å². The monoisotopic (exact) mass is 286 g/mol. The fourth-order valence-corrected chi connectivity index (χ4v) is 2.53. The van der Waals surface area contributed by atoms with Crippen molar-refractivity contribution in [2.75, 3.05) is 6.61 Å². The number of thiophene rings is 1. The maximum Gasteiger partial charge on any atom is 0.380 e. The third-order valence-corrected chi connectivity index (χ3v) is 3.99. The Morgan fingerprint density at radius 2 is 1.87 bits per heavy atom. The van der Waals surface area contributed by atoms with Crippen molar-refractivity contribution in [2.45, 2.75) is 6.92 Å². The van der Waals surface area contributed by atoms with Gasteiger partial charge in [-0.1, -0.05) is 34.8 Å². The van der Waals surface area contributed by atoms with Gasteiger partial charge >= 0.3 is 5.97 Å². The van der Waals surface area contributed by atoms with Crippen LogP contribution in [0, 0.1) is 0 Å². The lowest BCUT2D eigenvalue weighted by Gasteiger charge is -1.98. The lowest BCUT2D eigenvalue weighted by Crippen LogP contribution is -2.16.